The molecular weight excluding hydrogens is 450 g/mol. The lowest BCUT2D eigenvalue weighted by Gasteiger charge is -2.40. The number of methoxy groups -OCH3 is 4. The number of amides is 2. The zero-order valence-electron chi connectivity index (χ0n) is 20.2. The smallest absolute Gasteiger partial charge is 0.254 e. The summed E-state index contributed by atoms with van der Waals surface area (Å²) in [5, 5.41) is 2.97. The van der Waals surface area contributed by atoms with Crippen molar-refractivity contribution in [3.8, 4) is 23.0 Å². The normalized spacial score (nSPS) is 16.8. The third-order valence-electron chi connectivity index (χ3n) is 6.15. The lowest BCUT2D eigenvalue weighted by Crippen LogP contribution is -2.44. The summed E-state index contributed by atoms with van der Waals surface area (Å²) >= 11 is 0. The van der Waals surface area contributed by atoms with Gasteiger partial charge in [-0.2, -0.15) is 0 Å². The monoisotopic (exact) mass is 477 g/mol. The van der Waals surface area contributed by atoms with Gasteiger partial charge in [-0.05, 0) is 41.5 Å². The quantitative estimate of drug-likeness (QED) is 0.554. The van der Waals surface area contributed by atoms with Crippen molar-refractivity contribution < 1.29 is 28.5 Å². The minimum absolute atomic E-state index is 0.238. The summed E-state index contributed by atoms with van der Waals surface area (Å²) < 4.78 is 21.7. The molecule has 0 bridgehead atoms. The van der Waals surface area contributed by atoms with E-state index in [1.807, 2.05) is 6.07 Å². The van der Waals surface area contributed by atoms with Gasteiger partial charge in [0.05, 0.1) is 46.1 Å². The molecule has 0 spiro atoms. The summed E-state index contributed by atoms with van der Waals surface area (Å²) in [6.45, 7) is 0. The fourth-order valence-corrected chi connectivity index (χ4v) is 4.42. The van der Waals surface area contributed by atoms with Crippen molar-refractivity contribution in [2.45, 2.75) is 12.0 Å². The van der Waals surface area contributed by atoms with Crippen LogP contribution in [0.2, 0.25) is 0 Å². The number of nitrogens with zero attached hydrogens (tertiary/aromatic N) is 2. The molecule has 0 unspecified atom stereocenters. The molecule has 2 aromatic carbocycles. The van der Waals surface area contributed by atoms with Crippen LogP contribution in [0.4, 0.5) is 5.69 Å². The molecule has 1 aliphatic rings. The van der Waals surface area contributed by atoms with Gasteiger partial charge in [0, 0.05) is 31.1 Å². The van der Waals surface area contributed by atoms with Crippen LogP contribution in [0.15, 0.2) is 54.9 Å². The molecule has 2 amide bonds. The van der Waals surface area contributed by atoms with E-state index < -0.39 is 12.0 Å². The molecule has 182 valence electrons. The number of hydrogen-bond acceptors (Lipinski definition) is 7. The molecule has 0 saturated carbocycles. The van der Waals surface area contributed by atoms with E-state index in [9.17, 15) is 9.59 Å². The highest BCUT2D eigenvalue weighted by molar-refractivity contribution is 6.05. The van der Waals surface area contributed by atoms with Crippen LogP contribution in [0.1, 0.15) is 33.4 Å². The Kier molecular flexibility index (Phi) is 6.77. The van der Waals surface area contributed by atoms with Crippen LogP contribution in [0, 0.1) is 0 Å². The molecule has 3 aromatic rings. The first-order chi connectivity index (χ1) is 16.9. The van der Waals surface area contributed by atoms with Gasteiger partial charge in [0.25, 0.3) is 5.91 Å². The van der Waals surface area contributed by atoms with Gasteiger partial charge in [0.2, 0.25) is 5.91 Å². The number of rotatable bonds is 7. The fourth-order valence-electron chi connectivity index (χ4n) is 4.42. The zero-order chi connectivity index (χ0) is 25.1. The van der Waals surface area contributed by atoms with Crippen LogP contribution in [0.5, 0.6) is 23.0 Å². The van der Waals surface area contributed by atoms with Crippen LogP contribution in [0.3, 0.4) is 0 Å². The lowest BCUT2D eigenvalue weighted by molar-refractivity contribution is -0.119. The van der Waals surface area contributed by atoms with E-state index in [1.54, 1.807) is 67.8 Å². The molecule has 0 saturated heterocycles. The number of likely N-dealkylation sites (N-methyl/N-ethyl adjacent to an activating group) is 1. The van der Waals surface area contributed by atoms with E-state index in [4.69, 9.17) is 18.9 Å². The van der Waals surface area contributed by atoms with Gasteiger partial charge in [0.15, 0.2) is 11.5 Å². The average molecular weight is 478 g/mol. The van der Waals surface area contributed by atoms with Gasteiger partial charge in [0.1, 0.15) is 11.5 Å². The molecule has 1 N–H and O–H groups in total. The maximum Gasteiger partial charge on any atom is 0.254 e. The predicted octanol–water partition coefficient (Wildman–Crippen LogP) is 3.67. The Balaban J connectivity index is 1.88. The van der Waals surface area contributed by atoms with E-state index in [0.717, 1.165) is 5.56 Å². The van der Waals surface area contributed by atoms with E-state index in [0.29, 0.717) is 39.8 Å². The maximum absolute atomic E-state index is 14.0. The second-order valence-corrected chi connectivity index (χ2v) is 7.97. The summed E-state index contributed by atoms with van der Waals surface area (Å²) in [4.78, 5) is 33.1. The number of pyridine rings is 1. The standard InChI is InChI=1S/C26H27N3O6/c1-29-24(15-7-6-10-27-14-15)23(17-12-21(34-4)22(35-5)13-18(17)26(29)31)25(30)28-19-11-16(32-2)8-9-20(19)33-3/h6-14,23-24H,1-5H3,(H,28,30)/t23-,24+/m1/s1. The van der Waals surface area contributed by atoms with Crippen molar-refractivity contribution in [1.82, 2.24) is 9.88 Å². The van der Waals surface area contributed by atoms with Gasteiger partial charge in [-0.3, -0.25) is 14.6 Å². The minimum atomic E-state index is -0.785. The topological polar surface area (TPSA) is 99.2 Å². The Morgan fingerprint density at radius 2 is 1.66 bits per heavy atom. The molecule has 0 fully saturated rings. The number of hydrogen-bond donors (Lipinski definition) is 1. The highest BCUT2D eigenvalue weighted by Crippen LogP contribution is 2.46. The Hall–Kier alpha value is -4.27. The number of nitrogens with one attached hydrogen (secondary N) is 1. The molecule has 35 heavy (non-hydrogen) atoms. The number of aromatic nitrogens is 1. The number of ether oxygens (including phenoxy) is 4. The maximum atomic E-state index is 14.0. The first-order valence-corrected chi connectivity index (χ1v) is 10.9. The number of carbonyl (C=O) groups excluding carboxylic acids is 2. The number of fused-ring (bicyclic) bond motifs is 1. The fraction of sp³-hybridized carbons (Fsp3) is 0.269. The molecule has 1 aromatic heterocycles. The Morgan fingerprint density at radius 1 is 0.943 bits per heavy atom. The summed E-state index contributed by atoms with van der Waals surface area (Å²) in [7, 11) is 7.75. The van der Waals surface area contributed by atoms with Crippen LogP contribution < -0.4 is 24.3 Å². The third-order valence-corrected chi connectivity index (χ3v) is 6.15. The second-order valence-electron chi connectivity index (χ2n) is 7.97. The van der Waals surface area contributed by atoms with Gasteiger partial charge in [-0.1, -0.05) is 6.07 Å². The molecule has 0 aliphatic carbocycles. The molecule has 2 heterocycles. The average Bonchev–Trinajstić information content (AvgIpc) is 2.90. The summed E-state index contributed by atoms with van der Waals surface area (Å²) in [6, 6.07) is 11.4. The zero-order valence-corrected chi connectivity index (χ0v) is 20.2. The molecular formula is C26H27N3O6. The van der Waals surface area contributed by atoms with Gasteiger partial charge in [-0.25, -0.2) is 0 Å². The molecule has 1 aliphatic heterocycles. The molecule has 4 rings (SSSR count). The van der Waals surface area contributed by atoms with Crippen LogP contribution in [-0.4, -0.2) is 57.2 Å². The predicted molar refractivity (Wildman–Crippen MR) is 130 cm³/mol. The van der Waals surface area contributed by atoms with Crippen LogP contribution in [0.25, 0.3) is 0 Å². The van der Waals surface area contributed by atoms with Gasteiger partial charge in [-0.15, -0.1) is 0 Å². The van der Waals surface area contributed by atoms with Crippen LogP contribution in [-0.2, 0) is 4.79 Å². The van der Waals surface area contributed by atoms with Crippen molar-refractivity contribution in [2.24, 2.45) is 0 Å². The summed E-state index contributed by atoms with van der Waals surface area (Å²) in [6.07, 6.45) is 3.30. The van der Waals surface area contributed by atoms with Crippen molar-refractivity contribution in [3.63, 3.8) is 0 Å². The summed E-state index contributed by atoms with van der Waals surface area (Å²) in [5.74, 6) is 0.507. The highest BCUT2D eigenvalue weighted by Gasteiger charge is 2.44. The van der Waals surface area contributed by atoms with E-state index in [-0.39, 0.29) is 11.8 Å². The Morgan fingerprint density at radius 3 is 2.29 bits per heavy atom. The minimum Gasteiger partial charge on any atom is -0.497 e. The van der Waals surface area contributed by atoms with Gasteiger partial charge < -0.3 is 29.2 Å². The Labute approximate surface area is 203 Å². The van der Waals surface area contributed by atoms with Crippen LogP contribution >= 0.6 is 0 Å². The number of carbonyl (C=O) groups is 2. The van der Waals surface area contributed by atoms with Crippen molar-refractivity contribution >= 4 is 17.5 Å². The Bertz CT molecular complexity index is 1250. The molecule has 9 heteroatoms. The van der Waals surface area contributed by atoms with Gasteiger partial charge >= 0.3 is 0 Å². The molecule has 0 radical (unpaired) electrons. The van der Waals surface area contributed by atoms with E-state index in [2.05, 4.69) is 10.3 Å². The van der Waals surface area contributed by atoms with Crippen molar-refractivity contribution in [3.05, 3.63) is 71.5 Å². The number of anilines is 1. The largest absolute Gasteiger partial charge is 0.497 e. The third kappa shape index (κ3) is 4.32. The SMILES string of the molecule is COc1ccc(OC)c(NC(=O)[C@@H]2c3cc(OC)c(OC)cc3C(=O)N(C)[C@H]2c2cccnc2)c1. The first-order valence-electron chi connectivity index (χ1n) is 10.9. The molecule has 2 atom stereocenters. The lowest BCUT2D eigenvalue weighted by atomic mass is 9.79. The number of benzene rings is 2. The van der Waals surface area contributed by atoms with E-state index in [1.165, 1.54) is 21.3 Å². The second kappa shape index (κ2) is 9.92. The first kappa shape index (κ1) is 23.9. The summed E-state index contributed by atoms with van der Waals surface area (Å²) in [5.41, 5.74) is 2.06. The van der Waals surface area contributed by atoms with Crippen molar-refractivity contribution in [1.29, 1.82) is 0 Å². The van der Waals surface area contributed by atoms with Crippen molar-refractivity contribution in [2.75, 3.05) is 40.8 Å². The highest BCUT2D eigenvalue weighted by atomic mass is 16.5. The van der Waals surface area contributed by atoms with E-state index >= 15 is 0 Å². The molecule has 9 nitrogen and oxygen atoms in total.